The van der Waals surface area contributed by atoms with Gasteiger partial charge in [-0.05, 0) is 31.9 Å². The number of anilines is 1. The monoisotopic (exact) mass is 217 g/mol. The van der Waals surface area contributed by atoms with Gasteiger partial charge in [-0.1, -0.05) is 0 Å². The van der Waals surface area contributed by atoms with Crippen molar-refractivity contribution in [1.29, 1.82) is 5.26 Å². The molecule has 2 heterocycles. The SMILES string of the molecule is N#Cc1ccnnc1NCC[C@H]1CCCN1. The van der Waals surface area contributed by atoms with Gasteiger partial charge in [-0.15, -0.1) is 5.10 Å². The highest BCUT2D eigenvalue weighted by molar-refractivity contribution is 5.49. The number of nitriles is 1. The molecule has 1 aromatic rings. The van der Waals surface area contributed by atoms with Crippen molar-refractivity contribution in [2.24, 2.45) is 0 Å². The summed E-state index contributed by atoms with van der Waals surface area (Å²) in [5, 5.41) is 23.1. The third-order valence-electron chi connectivity index (χ3n) is 2.79. The molecule has 1 saturated heterocycles. The number of rotatable bonds is 4. The van der Waals surface area contributed by atoms with E-state index < -0.39 is 0 Å². The van der Waals surface area contributed by atoms with Crippen LogP contribution in [0.3, 0.4) is 0 Å². The van der Waals surface area contributed by atoms with Crippen LogP contribution in [0.5, 0.6) is 0 Å². The molecular formula is C11H15N5. The molecule has 1 aliphatic rings. The van der Waals surface area contributed by atoms with Gasteiger partial charge >= 0.3 is 0 Å². The van der Waals surface area contributed by atoms with Gasteiger partial charge in [0.05, 0.1) is 11.8 Å². The van der Waals surface area contributed by atoms with Crippen LogP contribution >= 0.6 is 0 Å². The zero-order chi connectivity index (χ0) is 11.2. The first kappa shape index (κ1) is 10.8. The zero-order valence-electron chi connectivity index (χ0n) is 9.11. The van der Waals surface area contributed by atoms with Gasteiger partial charge in [0.25, 0.3) is 0 Å². The molecule has 0 amide bonds. The first-order valence-corrected chi connectivity index (χ1v) is 5.59. The smallest absolute Gasteiger partial charge is 0.166 e. The Labute approximate surface area is 94.9 Å². The number of aromatic nitrogens is 2. The number of nitrogens with zero attached hydrogens (tertiary/aromatic N) is 3. The lowest BCUT2D eigenvalue weighted by molar-refractivity contribution is 0.574. The summed E-state index contributed by atoms with van der Waals surface area (Å²) >= 11 is 0. The fourth-order valence-corrected chi connectivity index (χ4v) is 1.92. The van der Waals surface area contributed by atoms with E-state index in [0.717, 1.165) is 19.5 Å². The van der Waals surface area contributed by atoms with E-state index in [9.17, 15) is 0 Å². The van der Waals surface area contributed by atoms with Gasteiger partial charge in [0, 0.05) is 12.6 Å². The molecule has 1 atom stereocenters. The van der Waals surface area contributed by atoms with E-state index in [1.54, 1.807) is 6.07 Å². The Balaban J connectivity index is 1.82. The molecule has 16 heavy (non-hydrogen) atoms. The molecule has 0 spiro atoms. The van der Waals surface area contributed by atoms with Crippen molar-refractivity contribution in [1.82, 2.24) is 15.5 Å². The van der Waals surface area contributed by atoms with E-state index >= 15 is 0 Å². The van der Waals surface area contributed by atoms with Crippen LogP contribution in [0.25, 0.3) is 0 Å². The van der Waals surface area contributed by atoms with Gasteiger partial charge in [-0.3, -0.25) is 0 Å². The van der Waals surface area contributed by atoms with E-state index in [0.29, 0.717) is 17.4 Å². The van der Waals surface area contributed by atoms with E-state index in [2.05, 4.69) is 26.9 Å². The molecule has 5 heteroatoms. The summed E-state index contributed by atoms with van der Waals surface area (Å²) in [7, 11) is 0. The highest BCUT2D eigenvalue weighted by Crippen LogP contribution is 2.11. The fraction of sp³-hybridized carbons (Fsp3) is 0.545. The van der Waals surface area contributed by atoms with Crippen molar-refractivity contribution in [3.05, 3.63) is 17.8 Å². The molecule has 0 radical (unpaired) electrons. The van der Waals surface area contributed by atoms with E-state index in [4.69, 9.17) is 5.26 Å². The summed E-state index contributed by atoms with van der Waals surface area (Å²) in [4.78, 5) is 0. The number of hydrogen-bond donors (Lipinski definition) is 2. The van der Waals surface area contributed by atoms with Crippen LogP contribution in [0.4, 0.5) is 5.82 Å². The maximum absolute atomic E-state index is 8.86. The van der Waals surface area contributed by atoms with Crippen molar-refractivity contribution in [2.75, 3.05) is 18.4 Å². The van der Waals surface area contributed by atoms with Crippen LogP contribution in [-0.2, 0) is 0 Å². The van der Waals surface area contributed by atoms with E-state index in [1.807, 2.05) is 0 Å². The standard InChI is InChI=1S/C11H15N5/c12-8-9-3-7-15-16-11(9)14-6-4-10-2-1-5-13-10/h3,7,10,13H,1-2,4-6H2,(H,14,16)/t10-/m1/s1. The minimum Gasteiger partial charge on any atom is -0.367 e. The summed E-state index contributed by atoms with van der Waals surface area (Å²) in [5.74, 6) is 0.586. The second kappa shape index (κ2) is 5.42. The normalized spacial score (nSPS) is 19.3. The Morgan fingerprint density at radius 3 is 3.31 bits per heavy atom. The average Bonchev–Trinajstić information content (AvgIpc) is 2.83. The molecule has 84 valence electrons. The minimum atomic E-state index is 0.550. The summed E-state index contributed by atoms with van der Waals surface area (Å²) in [6.07, 6.45) is 5.09. The molecule has 5 nitrogen and oxygen atoms in total. The van der Waals surface area contributed by atoms with Crippen LogP contribution in [-0.4, -0.2) is 29.3 Å². The Kier molecular flexibility index (Phi) is 3.67. The highest BCUT2D eigenvalue weighted by Gasteiger charge is 2.13. The van der Waals surface area contributed by atoms with E-state index in [1.165, 1.54) is 19.0 Å². The summed E-state index contributed by atoms with van der Waals surface area (Å²) in [6.45, 7) is 1.95. The largest absolute Gasteiger partial charge is 0.367 e. The van der Waals surface area contributed by atoms with Gasteiger partial charge in [0.2, 0.25) is 0 Å². The van der Waals surface area contributed by atoms with Crippen molar-refractivity contribution in [3.8, 4) is 6.07 Å². The van der Waals surface area contributed by atoms with Gasteiger partial charge < -0.3 is 10.6 Å². The lowest BCUT2D eigenvalue weighted by atomic mass is 10.1. The van der Waals surface area contributed by atoms with Crippen molar-refractivity contribution >= 4 is 5.82 Å². The fourth-order valence-electron chi connectivity index (χ4n) is 1.92. The number of hydrogen-bond acceptors (Lipinski definition) is 5. The third kappa shape index (κ3) is 2.67. The predicted octanol–water partition coefficient (Wildman–Crippen LogP) is 0.902. The van der Waals surface area contributed by atoms with Crippen LogP contribution in [0, 0.1) is 11.3 Å². The van der Waals surface area contributed by atoms with Crippen LogP contribution in [0.1, 0.15) is 24.8 Å². The molecule has 1 aromatic heterocycles. The lowest BCUT2D eigenvalue weighted by Gasteiger charge is -2.11. The molecule has 0 unspecified atom stereocenters. The summed E-state index contributed by atoms with van der Waals surface area (Å²) in [6, 6.07) is 4.37. The summed E-state index contributed by atoms with van der Waals surface area (Å²) in [5.41, 5.74) is 0.550. The third-order valence-corrected chi connectivity index (χ3v) is 2.79. The Morgan fingerprint density at radius 2 is 2.56 bits per heavy atom. The first-order chi connectivity index (χ1) is 7.90. The second-order valence-electron chi connectivity index (χ2n) is 3.91. The zero-order valence-corrected chi connectivity index (χ0v) is 9.11. The molecule has 0 bridgehead atoms. The van der Waals surface area contributed by atoms with Crippen LogP contribution < -0.4 is 10.6 Å². The van der Waals surface area contributed by atoms with E-state index in [-0.39, 0.29) is 0 Å². The van der Waals surface area contributed by atoms with Gasteiger partial charge in [0.1, 0.15) is 6.07 Å². The molecule has 1 fully saturated rings. The second-order valence-corrected chi connectivity index (χ2v) is 3.91. The topological polar surface area (TPSA) is 73.6 Å². The Hall–Kier alpha value is -1.67. The summed E-state index contributed by atoms with van der Waals surface area (Å²) < 4.78 is 0. The van der Waals surface area contributed by atoms with Crippen LogP contribution in [0.2, 0.25) is 0 Å². The molecular weight excluding hydrogens is 202 g/mol. The highest BCUT2D eigenvalue weighted by atomic mass is 15.2. The molecule has 2 rings (SSSR count). The maximum atomic E-state index is 8.86. The van der Waals surface area contributed by atoms with Crippen molar-refractivity contribution < 1.29 is 0 Å². The van der Waals surface area contributed by atoms with Gasteiger partial charge in [0.15, 0.2) is 5.82 Å². The molecule has 0 saturated carbocycles. The number of nitrogens with one attached hydrogen (secondary N) is 2. The lowest BCUT2D eigenvalue weighted by Crippen LogP contribution is -2.24. The van der Waals surface area contributed by atoms with Crippen molar-refractivity contribution in [2.45, 2.75) is 25.3 Å². The Morgan fingerprint density at radius 1 is 1.62 bits per heavy atom. The van der Waals surface area contributed by atoms with Gasteiger partial charge in [-0.2, -0.15) is 10.4 Å². The van der Waals surface area contributed by atoms with Gasteiger partial charge in [-0.25, -0.2) is 0 Å². The maximum Gasteiger partial charge on any atom is 0.166 e. The predicted molar refractivity (Wildman–Crippen MR) is 60.9 cm³/mol. The van der Waals surface area contributed by atoms with Crippen LogP contribution in [0.15, 0.2) is 12.3 Å². The Bertz CT molecular complexity index is 378. The first-order valence-electron chi connectivity index (χ1n) is 5.59. The molecule has 2 N–H and O–H groups in total. The minimum absolute atomic E-state index is 0.550. The van der Waals surface area contributed by atoms with Crippen molar-refractivity contribution in [3.63, 3.8) is 0 Å². The molecule has 0 aromatic carbocycles. The average molecular weight is 217 g/mol. The molecule has 0 aliphatic carbocycles. The quantitative estimate of drug-likeness (QED) is 0.784. The molecule has 1 aliphatic heterocycles.